The summed E-state index contributed by atoms with van der Waals surface area (Å²) in [4.78, 5) is 33.5. The minimum Gasteiger partial charge on any atom is -0.497 e. The van der Waals surface area contributed by atoms with E-state index in [1.807, 2.05) is 37.3 Å². The molecule has 2 aliphatic heterocycles. The predicted octanol–water partition coefficient (Wildman–Crippen LogP) is 3.54. The van der Waals surface area contributed by atoms with Gasteiger partial charge in [-0.25, -0.2) is 4.68 Å². The molecule has 0 aliphatic carbocycles. The summed E-state index contributed by atoms with van der Waals surface area (Å²) in [5.41, 5.74) is 2.75. The number of carbonyl (C=O) groups is 2. The van der Waals surface area contributed by atoms with Crippen molar-refractivity contribution >= 4 is 41.1 Å². The highest BCUT2D eigenvalue weighted by atomic mass is 32.2. The van der Waals surface area contributed by atoms with Gasteiger partial charge in [0.1, 0.15) is 18.1 Å². The number of methoxy groups -OCH3 is 1. The van der Waals surface area contributed by atoms with E-state index >= 15 is 0 Å². The van der Waals surface area contributed by atoms with Gasteiger partial charge >= 0.3 is 5.97 Å². The van der Waals surface area contributed by atoms with E-state index in [1.165, 1.54) is 6.08 Å². The fraction of sp³-hybridized carbons (Fsp3) is 0.308. The Balaban J connectivity index is 1.48. The molecule has 1 fully saturated rings. The monoisotopic (exact) mass is 550 g/mol. The first-order valence-corrected chi connectivity index (χ1v) is 13.8. The van der Waals surface area contributed by atoms with Crippen LogP contribution in [-0.2, 0) is 20.9 Å². The first kappa shape index (κ1) is 26.0. The zero-order chi connectivity index (χ0) is 26.6. The van der Waals surface area contributed by atoms with Gasteiger partial charge in [-0.05, 0) is 52.7 Å². The standard InChI is InChI=1S/C26H26N6O4S2/c1-4-11-36-22(33)13-20-25(34)32-23(21(15-37-26(20)32)38-19-7-9-27-10-8-19)24-28-29-30-31(24)14-17-5-6-18(35-3)12-16(17)2/h4-10,12,20,26H,1,11,13-15H2,2-3H3/t20-,26-/m1/s1. The van der Waals surface area contributed by atoms with E-state index in [0.29, 0.717) is 23.8 Å². The molecule has 0 spiro atoms. The molecule has 0 radical (unpaired) electrons. The van der Waals surface area contributed by atoms with Gasteiger partial charge < -0.3 is 9.47 Å². The van der Waals surface area contributed by atoms with Gasteiger partial charge in [0, 0.05) is 27.9 Å². The number of aromatic nitrogens is 5. The molecule has 1 saturated heterocycles. The van der Waals surface area contributed by atoms with Crippen LogP contribution in [0.4, 0.5) is 0 Å². The van der Waals surface area contributed by atoms with Gasteiger partial charge in [0.2, 0.25) is 5.91 Å². The SMILES string of the molecule is C=CCOC(=O)C[C@@H]1C(=O)N2C(c3nnnn3Cc3ccc(OC)cc3C)=C(Sc3ccncc3)CS[C@H]12. The lowest BCUT2D eigenvalue weighted by Crippen LogP contribution is -2.60. The Morgan fingerprint density at radius 1 is 1.29 bits per heavy atom. The molecular weight excluding hydrogens is 524 g/mol. The summed E-state index contributed by atoms with van der Waals surface area (Å²) in [5, 5.41) is 12.4. The van der Waals surface area contributed by atoms with E-state index in [-0.39, 0.29) is 24.3 Å². The van der Waals surface area contributed by atoms with Gasteiger partial charge in [-0.1, -0.05) is 30.5 Å². The number of amides is 1. The minimum atomic E-state index is -0.465. The highest BCUT2D eigenvalue weighted by Crippen LogP contribution is 2.51. The largest absolute Gasteiger partial charge is 0.497 e. The smallest absolute Gasteiger partial charge is 0.307 e. The quantitative estimate of drug-likeness (QED) is 0.211. The second kappa shape index (κ2) is 11.4. The number of rotatable bonds is 10. The Morgan fingerprint density at radius 2 is 2.11 bits per heavy atom. The molecule has 3 aromatic rings. The molecule has 0 N–H and O–H groups in total. The van der Waals surface area contributed by atoms with E-state index in [0.717, 1.165) is 26.7 Å². The van der Waals surface area contributed by atoms with Crippen molar-refractivity contribution in [1.82, 2.24) is 30.1 Å². The summed E-state index contributed by atoms with van der Waals surface area (Å²) in [6, 6.07) is 9.70. The maximum Gasteiger partial charge on any atom is 0.307 e. The zero-order valence-electron chi connectivity index (χ0n) is 20.9. The number of tetrazole rings is 1. The molecule has 0 saturated carbocycles. The fourth-order valence-electron chi connectivity index (χ4n) is 4.37. The lowest BCUT2D eigenvalue weighted by molar-refractivity contribution is -0.154. The molecule has 2 atom stereocenters. The number of nitrogens with zero attached hydrogens (tertiary/aromatic N) is 6. The number of β-lactam (4-membered cyclic amide) rings is 1. The molecule has 5 rings (SSSR count). The summed E-state index contributed by atoms with van der Waals surface area (Å²) >= 11 is 3.19. The Morgan fingerprint density at radius 3 is 2.84 bits per heavy atom. The molecule has 10 nitrogen and oxygen atoms in total. The maximum atomic E-state index is 13.4. The molecule has 4 heterocycles. The number of thioether (sulfide) groups is 2. The second-order valence-corrected chi connectivity index (χ2v) is 11.0. The van der Waals surface area contributed by atoms with Gasteiger partial charge in [0.05, 0.1) is 31.4 Å². The number of esters is 1. The molecule has 1 amide bonds. The average molecular weight is 551 g/mol. The lowest BCUT2D eigenvalue weighted by Gasteiger charge is -2.49. The van der Waals surface area contributed by atoms with Crippen LogP contribution < -0.4 is 4.74 Å². The van der Waals surface area contributed by atoms with E-state index in [1.54, 1.807) is 52.6 Å². The van der Waals surface area contributed by atoms with Crippen molar-refractivity contribution in [2.24, 2.45) is 5.92 Å². The highest BCUT2D eigenvalue weighted by molar-refractivity contribution is 8.06. The van der Waals surface area contributed by atoms with Gasteiger partial charge in [0.25, 0.3) is 0 Å². The van der Waals surface area contributed by atoms with Gasteiger partial charge in [0.15, 0.2) is 5.82 Å². The number of carbonyl (C=O) groups excluding carboxylic acids is 2. The number of fused-ring (bicyclic) bond motifs is 1. The number of hydrogen-bond acceptors (Lipinski definition) is 10. The van der Waals surface area contributed by atoms with Gasteiger partial charge in [-0.3, -0.25) is 19.5 Å². The van der Waals surface area contributed by atoms with Crippen LogP contribution in [0.2, 0.25) is 0 Å². The minimum absolute atomic E-state index is 0.0247. The van der Waals surface area contributed by atoms with E-state index in [4.69, 9.17) is 9.47 Å². The number of ether oxygens (including phenoxy) is 2. The Kier molecular flexibility index (Phi) is 7.79. The highest BCUT2D eigenvalue weighted by Gasteiger charge is 2.54. The molecule has 38 heavy (non-hydrogen) atoms. The van der Waals surface area contributed by atoms with Crippen molar-refractivity contribution in [2.75, 3.05) is 19.5 Å². The predicted molar refractivity (Wildman–Crippen MR) is 144 cm³/mol. The maximum absolute atomic E-state index is 13.4. The van der Waals surface area contributed by atoms with Gasteiger partial charge in [-0.15, -0.1) is 16.9 Å². The summed E-state index contributed by atoms with van der Waals surface area (Å²) in [5.74, 6) is 0.902. The first-order valence-electron chi connectivity index (χ1n) is 11.9. The van der Waals surface area contributed by atoms with Crippen LogP contribution in [0.1, 0.15) is 23.4 Å². The van der Waals surface area contributed by atoms with E-state index < -0.39 is 11.9 Å². The molecule has 196 valence electrons. The van der Waals surface area contributed by atoms with Crippen LogP contribution in [0.25, 0.3) is 5.70 Å². The van der Waals surface area contributed by atoms with Crippen LogP contribution in [-0.4, -0.2) is 66.8 Å². The number of pyridine rings is 1. The molecule has 2 aromatic heterocycles. The average Bonchev–Trinajstić information content (AvgIpc) is 3.39. The summed E-state index contributed by atoms with van der Waals surface area (Å²) < 4.78 is 12.2. The van der Waals surface area contributed by atoms with E-state index in [2.05, 4.69) is 27.1 Å². The van der Waals surface area contributed by atoms with Crippen molar-refractivity contribution < 1.29 is 19.1 Å². The van der Waals surface area contributed by atoms with Crippen LogP contribution in [0, 0.1) is 12.8 Å². The Bertz CT molecular complexity index is 1390. The zero-order valence-corrected chi connectivity index (χ0v) is 22.6. The third-order valence-corrected chi connectivity index (χ3v) is 8.91. The summed E-state index contributed by atoms with van der Waals surface area (Å²) in [7, 11) is 1.64. The number of hydrogen-bond donors (Lipinski definition) is 0. The Labute approximate surface area is 228 Å². The van der Waals surface area contributed by atoms with E-state index in [9.17, 15) is 9.59 Å². The third-order valence-electron chi connectivity index (χ3n) is 6.30. The second-order valence-electron chi connectivity index (χ2n) is 8.70. The Hall–Kier alpha value is -3.64. The van der Waals surface area contributed by atoms with Crippen molar-refractivity contribution in [3.63, 3.8) is 0 Å². The fourth-order valence-corrected chi connectivity index (χ4v) is 6.90. The normalized spacial score (nSPS) is 18.6. The molecule has 0 bridgehead atoms. The molecule has 0 unspecified atom stereocenters. The molecule has 12 heteroatoms. The topological polar surface area (TPSA) is 112 Å². The van der Waals surface area contributed by atoms with Crippen LogP contribution >= 0.6 is 23.5 Å². The lowest BCUT2D eigenvalue weighted by atomic mass is 9.93. The molecule has 2 aliphatic rings. The first-order chi connectivity index (χ1) is 18.5. The number of benzene rings is 1. The van der Waals surface area contributed by atoms with Crippen molar-refractivity contribution in [2.45, 2.75) is 30.2 Å². The summed E-state index contributed by atoms with van der Waals surface area (Å²) in [6.07, 6.45) is 5.00. The molecular formula is C26H26N6O4S2. The third kappa shape index (κ3) is 5.18. The van der Waals surface area contributed by atoms with Crippen molar-refractivity contribution in [1.29, 1.82) is 0 Å². The van der Waals surface area contributed by atoms with Crippen LogP contribution in [0.15, 0.2) is 65.2 Å². The van der Waals surface area contributed by atoms with Crippen molar-refractivity contribution in [3.8, 4) is 5.75 Å². The van der Waals surface area contributed by atoms with Gasteiger partial charge in [-0.2, -0.15) is 0 Å². The van der Waals surface area contributed by atoms with Crippen LogP contribution in [0.5, 0.6) is 5.75 Å². The molecule has 1 aromatic carbocycles. The van der Waals surface area contributed by atoms with Crippen LogP contribution in [0.3, 0.4) is 0 Å². The number of aryl methyl sites for hydroxylation is 1. The summed E-state index contributed by atoms with van der Waals surface area (Å²) in [6.45, 7) is 6.12. The van der Waals surface area contributed by atoms with Crippen molar-refractivity contribution in [3.05, 3.63) is 77.2 Å².